The van der Waals surface area contributed by atoms with Crippen molar-refractivity contribution >= 4 is 55.0 Å². The summed E-state index contributed by atoms with van der Waals surface area (Å²) in [5.74, 6) is 0. The maximum atomic E-state index is 11.4. The van der Waals surface area contributed by atoms with Gasteiger partial charge in [0.1, 0.15) is 11.6 Å². The number of benzene rings is 7. The van der Waals surface area contributed by atoms with E-state index < -0.39 is 0 Å². The highest BCUT2D eigenvalue weighted by molar-refractivity contribution is 6.12. The Morgan fingerprint density at radius 2 is 0.893 bits per heavy atom. The molecular weight excluding hydrogens is 685 g/mol. The molecule has 0 radical (unpaired) electrons. The van der Waals surface area contributed by atoms with Crippen LogP contribution in [0, 0.1) is 24.5 Å². The number of nitrogens with zero attached hydrogens (tertiary/aromatic N) is 6. The molecule has 0 aliphatic carbocycles. The van der Waals surface area contributed by atoms with Gasteiger partial charge in [-0.25, -0.2) is 9.69 Å². The summed E-state index contributed by atoms with van der Waals surface area (Å²) in [4.78, 5) is 12.0. The third kappa shape index (κ3) is 4.97. The minimum atomic E-state index is 0.507. The summed E-state index contributed by atoms with van der Waals surface area (Å²) in [6.07, 6.45) is 3.58. The fourth-order valence-corrected chi connectivity index (χ4v) is 8.22. The van der Waals surface area contributed by atoms with Crippen LogP contribution in [0.25, 0.3) is 98.1 Å². The number of para-hydroxylation sites is 4. The van der Waals surface area contributed by atoms with Gasteiger partial charge in [0.05, 0.1) is 46.6 Å². The topological polar surface area (TPSA) is 55.3 Å². The first-order valence-electron chi connectivity index (χ1n) is 18.2. The molecule has 7 aromatic carbocycles. The molecule has 0 atom stereocenters. The standard InChI is InChI=1S/C50H28N6/c1-52-43-15-7-3-11-36(43)33-19-21-40-38-13-5-9-17-45(38)55(47(40)27-33)49-29-35(32-23-25-54-26-24-32)30-50(42(49)31-51)56-46-18-10-6-14-39(46)41-22-20-34(28-48(41)56)37-12-4-8-16-44(37)53-2/h3-30H. The zero-order chi connectivity index (χ0) is 37.8. The van der Waals surface area contributed by atoms with Crippen molar-refractivity contribution in [1.29, 1.82) is 5.26 Å². The number of hydrogen-bond acceptors (Lipinski definition) is 2. The zero-order valence-electron chi connectivity index (χ0n) is 29.8. The first kappa shape index (κ1) is 32.4. The molecule has 258 valence electrons. The second-order valence-corrected chi connectivity index (χ2v) is 13.7. The molecule has 10 aromatic rings. The van der Waals surface area contributed by atoms with E-state index in [-0.39, 0.29) is 0 Å². The summed E-state index contributed by atoms with van der Waals surface area (Å²) in [5.41, 5.74) is 12.4. The Labute approximate surface area is 322 Å². The van der Waals surface area contributed by atoms with Gasteiger partial charge in [-0.05, 0) is 81.9 Å². The second kappa shape index (κ2) is 13.0. The van der Waals surface area contributed by atoms with Gasteiger partial charge in [0.15, 0.2) is 11.4 Å². The molecule has 0 bridgehead atoms. The van der Waals surface area contributed by atoms with Gasteiger partial charge in [-0.2, -0.15) is 5.26 Å². The molecular formula is C50H28N6. The van der Waals surface area contributed by atoms with E-state index >= 15 is 0 Å². The number of fused-ring (bicyclic) bond motifs is 6. The number of rotatable bonds is 5. The lowest BCUT2D eigenvalue weighted by Gasteiger charge is -2.19. The minimum Gasteiger partial charge on any atom is -0.308 e. The van der Waals surface area contributed by atoms with Gasteiger partial charge in [0.25, 0.3) is 0 Å². The smallest absolute Gasteiger partial charge is 0.194 e. The minimum absolute atomic E-state index is 0.507. The fraction of sp³-hybridized carbons (Fsp3) is 0. The van der Waals surface area contributed by atoms with Crippen LogP contribution in [-0.2, 0) is 0 Å². The Balaban J connectivity index is 1.34. The van der Waals surface area contributed by atoms with E-state index in [4.69, 9.17) is 13.1 Å². The molecule has 0 aliphatic heterocycles. The van der Waals surface area contributed by atoms with Crippen LogP contribution in [0.3, 0.4) is 0 Å². The Morgan fingerprint density at radius 1 is 0.446 bits per heavy atom. The van der Waals surface area contributed by atoms with Gasteiger partial charge in [0.2, 0.25) is 0 Å². The molecule has 0 saturated heterocycles. The summed E-state index contributed by atoms with van der Waals surface area (Å²) in [7, 11) is 0. The first-order chi connectivity index (χ1) is 27.7. The first-order valence-corrected chi connectivity index (χ1v) is 18.2. The molecule has 0 unspecified atom stereocenters. The zero-order valence-corrected chi connectivity index (χ0v) is 29.8. The highest BCUT2D eigenvalue weighted by Gasteiger charge is 2.23. The molecule has 6 heteroatoms. The number of nitriles is 1. The molecule has 0 saturated carbocycles. The number of hydrogen-bond donors (Lipinski definition) is 0. The summed E-state index contributed by atoms with van der Waals surface area (Å²) < 4.78 is 4.40. The Kier molecular flexibility index (Phi) is 7.53. The lowest BCUT2D eigenvalue weighted by Crippen LogP contribution is -2.05. The van der Waals surface area contributed by atoms with Crippen molar-refractivity contribution in [3.63, 3.8) is 0 Å². The third-order valence-electron chi connectivity index (χ3n) is 10.7. The molecule has 0 amide bonds. The SMILES string of the molecule is [C-]#[N+]c1ccccc1-c1ccc2c3ccccc3n(-c3cc(-c4ccncc4)cc(-n4c5ccccc5c5ccc(-c6ccccc6[N+]#[C-])cc54)c3C#N)c2c1. The maximum Gasteiger partial charge on any atom is 0.194 e. The van der Waals surface area contributed by atoms with Crippen LogP contribution in [0.4, 0.5) is 11.4 Å². The van der Waals surface area contributed by atoms with Gasteiger partial charge < -0.3 is 9.13 Å². The largest absolute Gasteiger partial charge is 0.308 e. The van der Waals surface area contributed by atoms with Crippen molar-refractivity contribution < 1.29 is 0 Å². The van der Waals surface area contributed by atoms with Gasteiger partial charge in [-0.3, -0.25) is 4.98 Å². The molecule has 0 N–H and O–H groups in total. The van der Waals surface area contributed by atoms with E-state index in [1.54, 1.807) is 12.4 Å². The monoisotopic (exact) mass is 712 g/mol. The van der Waals surface area contributed by atoms with Crippen LogP contribution in [0.15, 0.2) is 170 Å². The summed E-state index contributed by atoms with van der Waals surface area (Å²) in [6.45, 7) is 15.7. The summed E-state index contributed by atoms with van der Waals surface area (Å²) in [5, 5.41) is 15.6. The molecule has 3 aromatic heterocycles. The van der Waals surface area contributed by atoms with Crippen molar-refractivity contribution in [3.8, 4) is 50.8 Å². The van der Waals surface area contributed by atoms with Crippen LogP contribution in [0.2, 0.25) is 0 Å². The van der Waals surface area contributed by atoms with Gasteiger partial charge in [-0.1, -0.05) is 109 Å². The van der Waals surface area contributed by atoms with Crippen LogP contribution >= 0.6 is 0 Å². The molecule has 3 heterocycles. The third-order valence-corrected chi connectivity index (χ3v) is 10.7. The van der Waals surface area contributed by atoms with Gasteiger partial charge in [0, 0.05) is 33.9 Å². The molecule has 56 heavy (non-hydrogen) atoms. The molecule has 0 fully saturated rings. The second-order valence-electron chi connectivity index (χ2n) is 13.7. The van der Waals surface area contributed by atoms with E-state index in [2.05, 4.69) is 103 Å². The predicted molar refractivity (Wildman–Crippen MR) is 226 cm³/mol. The Hall–Kier alpha value is -8.24. The van der Waals surface area contributed by atoms with Crippen molar-refractivity contribution in [2.24, 2.45) is 0 Å². The van der Waals surface area contributed by atoms with Crippen molar-refractivity contribution in [3.05, 3.63) is 199 Å². The van der Waals surface area contributed by atoms with Gasteiger partial charge >= 0.3 is 0 Å². The lowest BCUT2D eigenvalue weighted by molar-refractivity contribution is 1.12. The summed E-state index contributed by atoms with van der Waals surface area (Å²) in [6, 6.07) is 55.5. The Bertz CT molecular complexity index is 3150. The van der Waals surface area contributed by atoms with Crippen LogP contribution in [0.1, 0.15) is 5.56 Å². The Morgan fingerprint density at radius 3 is 1.38 bits per heavy atom. The van der Waals surface area contributed by atoms with Crippen molar-refractivity contribution in [2.75, 3.05) is 0 Å². The quantitative estimate of drug-likeness (QED) is 0.167. The normalized spacial score (nSPS) is 11.2. The maximum absolute atomic E-state index is 11.4. The van der Waals surface area contributed by atoms with Crippen molar-refractivity contribution in [1.82, 2.24) is 14.1 Å². The average Bonchev–Trinajstić information content (AvgIpc) is 3.78. The van der Waals surface area contributed by atoms with E-state index in [0.717, 1.165) is 88.4 Å². The molecule has 6 nitrogen and oxygen atoms in total. The number of aromatic nitrogens is 3. The summed E-state index contributed by atoms with van der Waals surface area (Å²) >= 11 is 0. The highest BCUT2D eigenvalue weighted by Crippen LogP contribution is 2.43. The number of pyridine rings is 1. The van der Waals surface area contributed by atoms with E-state index in [1.165, 1.54) is 0 Å². The van der Waals surface area contributed by atoms with Crippen LogP contribution < -0.4 is 0 Å². The van der Waals surface area contributed by atoms with Gasteiger partial charge in [-0.15, -0.1) is 0 Å². The highest BCUT2D eigenvalue weighted by atomic mass is 15.0. The van der Waals surface area contributed by atoms with Crippen LogP contribution in [-0.4, -0.2) is 14.1 Å². The van der Waals surface area contributed by atoms with E-state index in [9.17, 15) is 5.26 Å². The molecule has 10 rings (SSSR count). The van der Waals surface area contributed by atoms with E-state index in [1.807, 2.05) is 84.9 Å². The van der Waals surface area contributed by atoms with Crippen LogP contribution in [0.5, 0.6) is 0 Å². The fourth-order valence-electron chi connectivity index (χ4n) is 8.22. The average molecular weight is 713 g/mol. The molecule has 0 aliphatic rings. The van der Waals surface area contributed by atoms with Crippen molar-refractivity contribution in [2.45, 2.75) is 0 Å². The van der Waals surface area contributed by atoms with E-state index in [0.29, 0.717) is 16.9 Å². The lowest BCUT2D eigenvalue weighted by atomic mass is 10.00. The predicted octanol–water partition coefficient (Wildman–Crippen LogP) is 13.3. The molecule has 0 spiro atoms.